The summed E-state index contributed by atoms with van der Waals surface area (Å²) in [7, 11) is 0. The quantitative estimate of drug-likeness (QED) is 0.534. The van der Waals surface area contributed by atoms with E-state index >= 15 is 0 Å². The van der Waals surface area contributed by atoms with Crippen LogP contribution in [0.3, 0.4) is 0 Å². The highest BCUT2D eigenvalue weighted by Gasteiger charge is 2.60. The summed E-state index contributed by atoms with van der Waals surface area (Å²) in [5.41, 5.74) is 2.84. The summed E-state index contributed by atoms with van der Waals surface area (Å²) < 4.78 is 6.45. The van der Waals surface area contributed by atoms with E-state index in [1.807, 2.05) is 56.3 Å². The zero-order valence-electron chi connectivity index (χ0n) is 18.6. The lowest BCUT2D eigenvalue weighted by Gasteiger charge is -2.54. The summed E-state index contributed by atoms with van der Waals surface area (Å²) >= 11 is 6.23. The van der Waals surface area contributed by atoms with Crippen LogP contribution < -0.4 is 20.3 Å². The number of para-hydroxylation sites is 1. The molecule has 3 aromatic rings. The number of hydrogen-bond acceptors (Lipinski definition) is 3. The average molecular weight is 462 g/mol. The van der Waals surface area contributed by atoms with E-state index in [1.165, 1.54) is 4.90 Å². The third-order valence-corrected chi connectivity index (χ3v) is 6.63. The monoisotopic (exact) mass is 461 g/mol. The van der Waals surface area contributed by atoms with Gasteiger partial charge in [0.05, 0.1) is 11.7 Å². The lowest BCUT2D eigenvalue weighted by atomic mass is 9.78. The Balaban J connectivity index is 1.62. The number of hydrogen-bond donors (Lipinski definition) is 2. The maximum Gasteiger partial charge on any atom is 0.325 e. The predicted octanol–water partition coefficient (Wildman–Crippen LogP) is 5.59. The van der Waals surface area contributed by atoms with Crippen molar-refractivity contribution in [3.05, 3.63) is 88.4 Å². The number of rotatable bonds is 3. The number of fused-ring (bicyclic) bond motifs is 4. The van der Waals surface area contributed by atoms with Gasteiger partial charge in [0.25, 0.3) is 0 Å². The Morgan fingerprint density at radius 1 is 1.09 bits per heavy atom. The van der Waals surface area contributed by atoms with E-state index in [0.29, 0.717) is 16.5 Å². The molecular formula is C26H24ClN3O3. The molecule has 0 unspecified atom stereocenters. The van der Waals surface area contributed by atoms with Gasteiger partial charge in [-0.1, -0.05) is 53.6 Å². The van der Waals surface area contributed by atoms with Crippen LogP contribution in [-0.2, 0) is 4.79 Å². The zero-order chi connectivity index (χ0) is 23.3. The van der Waals surface area contributed by atoms with Gasteiger partial charge in [0.15, 0.2) is 0 Å². The fraction of sp³-hybridized carbons (Fsp3) is 0.231. The molecule has 0 aromatic heterocycles. The molecule has 0 radical (unpaired) electrons. The van der Waals surface area contributed by atoms with Crippen LogP contribution >= 0.6 is 11.6 Å². The number of carbonyl (C=O) groups excluding carboxylic acids is 2. The van der Waals surface area contributed by atoms with E-state index in [-0.39, 0.29) is 11.9 Å². The first-order chi connectivity index (χ1) is 15.8. The van der Waals surface area contributed by atoms with Crippen molar-refractivity contribution >= 4 is 34.9 Å². The van der Waals surface area contributed by atoms with Gasteiger partial charge < -0.3 is 15.4 Å². The molecular weight excluding hydrogens is 438 g/mol. The van der Waals surface area contributed by atoms with E-state index in [1.54, 1.807) is 31.2 Å². The largest absolute Gasteiger partial charge is 0.466 e. The summed E-state index contributed by atoms with van der Waals surface area (Å²) in [4.78, 5) is 28.6. The highest BCUT2D eigenvalue weighted by Crippen LogP contribution is 2.49. The normalized spacial score (nSPS) is 23.3. The number of benzene rings is 3. The Hall–Kier alpha value is -3.51. The lowest BCUT2D eigenvalue weighted by molar-refractivity contribution is -0.131. The molecule has 3 atom stereocenters. The third kappa shape index (κ3) is 3.51. The number of urea groups is 1. The smallest absolute Gasteiger partial charge is 0.325 e. The minimum Gasteiger partial charge on any atom is -0.466 e. The molecule has 6 nitrogen and oxygen atoms in total. The Labute approximate surface area is 197 Å². The maximum atomic E-state index is 13.8. The van der Waals surface area contributed by atoms with Gasteiger partial charge in [-0.15, -0.1) is 0 Å². The van der Waals surface area contributed by atoms with Crippen LogP contribution in [-0.4, -0.2) is 17.7 Å². The number of nitrogens with zero attached hydrogens (tertiary/aromatic N) is 1. The van der Waals surface area contributed by atoms with Crippen LogP contribution in [0.5, 0.6) is 5.75 Å². The van der Waals surface area contributed by atoms with Crippen LogP contribution in [0.2, 0.25) is 5.02 Å². The fourth-order valence-electron chi connectivity index (χ4n) is 4.90. The third-order valence-electron chi connectivity index (χ3n) is 6.40. The Morgan fingerprint density at radius 3 is 2.64 bits per heavy atom. The molecule has 2 heterocycles. The number of carbonyl (C=O) groups is 2. The highest BCUT2D eigenvalue weighted by atomic mass is 35.5. The molecule has 3 aromatic carbocycles. The van der Waals surface area contributed by atoms with Crippen LogP contribution in [0.4, 0.5) is 16.2 Å². The summed E-state index contributed by atoms with van der Waals surface area (Å²) in [6, 6.07) is 19.4. The minimum absolute atomic E-state index is 0.240. The van der Waals surface area contributed by atoms with E-state index in [9.17, 15) is 9.59 Å². The summed E-state index contributed by atoms with van der Waals surface area (Å²) in [5, 5.41) is 6.59. The van der Waals surface area contributed by atoms with Crippen LogP contribution in [0.1, 0.15) is 29.7 Å². The van der Waals surface area contributed by atoms with Crippen molar-refractivity contribution < 1.29 is 14.3 Å². The van der Waals surface area contributed by atoms with Gasteiger partial charge in [0, 0.05) is 16.3 Å². The first kappa shape index (κ1) is 21.3. The number of amides is 3. The van der Waals surface area contributed by atoms with Gasteiger partial charge in [-0.2, -0.15) is 0 Å². The Kier molecular flexibility index (Phi) is 5.05. The van der Waals surface area contributed by atoms with E-state index in [2.05, 4.69) is 10.6 Å². The van der Waals surface area contributed by atoms with E-state index in [4.69, 9.17) is 16.3 Å². The number of ether oxygens (including phenoxy) is 1. The van der Waals surface area contributed by atoms with Gasteiger partial charge in [0.1, 0.15) is 11.7 Å². The number of anilines is 2. The minimum atomic E-state index is -1.28. The number of aryl methyl sites for hydroxylation is 2. The van der Waals surface area contributed by atoms with Crippen molar-refractivity contribution in [2.45, 2.75) is 32.5 Å². The summed E-state index contributed by atoms with van der Waals surface area (Å²) in [6.45, 7) is 5.74. The van der Waals surface area contributed by atoms with Gasteiger partial charge in [0.2, 0.25) is 11.6 Å². The predicted molar refractivity (Wildman–Crippen MR) is 129 cm³/mol. The number of nitrogens with one attached hydrogen (secondary N) is 2. The van der Waals surface area contributed by atoms with Gasteiger partial charge in [-0.25, -0.2) is 4.79 Å². The van der Waals surface area contributed by atoms with Crippen LogP contribution in [0.25, 0.3) is 0 Å². The van der Waals surface area contributed by atoms with Crippen molar-refractivity contribution in [3.63, 3.8) is 0 Å². The van der Waals surface area contributed by atoms with Gasteiger partial charge >= 0.3 is 6.03 Å². The second-order valence-corrected chi connectivity index (χ2v) is 9.16. The molecule has 2 aliphatic heterocycles. The molecule has 0 saturated carbocycles. The molecule has 7 heteroatoms. The average Bonchev–Trinajstić information content (AvgIpc) is 2.75. The van der Waals surface area contributed by atoms with Crippen molar-refractivity contribution in [2.75, 3.05) is 10.2 Å². The molecule has 2 N–H and O–H groups in total. The van der Waals surface area contributed by atoms with E-state index in [0.717, 1.165) is 22.4 Å². The molecule has 5 rings (SSSR count). The second kappa shape index (κ2) is 7.81. The Morgan fingerprint density at radius 2 is 1.88 bits per heavy atom. The molecule has 168 valence electrons. The molecule has 1 fully saturated rings. The lowest BCUT2D eigenvalue weighted by Crippen LogP contribution is -2.72. The number of halogens is 1. The molecule has 33 heavy (non-hydrogen) atoms. The highest BCUT2D eigenvalue weighted by molar-refractivity contribution is 6.31. The van der Waals surface area contributed by atoms with Crippen molar-refractivity contribution in [3.8, 4) is 5.75 Å². The molecule has 2 aliphatic rings. The van der Waals surface area contributed by atoms with Crippen LogP contribution in [0.15, 0.2) is 66.7 Å². The summed E-state index contributed by atoms with van der Waals surface area (Å²) in [5.74, 6) is -0.339. The standard InChI is InChI=1S/C26H24ClN3O3/c1-15-11-12-20(16(2)13-15)28-24(31)22-23-19-9-4-5-10-21(19)33-26(22,3)30(25(32)29-23)18-8-6-7-17(27)14-18/h4-14,22-23H,1-3H3,(H,28,31)(H,29,32)/t22-,23+,26-/m0/s1. The zero-order valence-corrected chi connectivity index (χ0v) is 19.3. The Bertz CT molecular complexity index is 1280. The van der Waals surface area contributed by atoms with Crippen LogP contribution in [0, 0.1) is 19.8 Å². The first-order valence-electron chi connectivity index (χ1n) is 10.8. The fourth-order valence-corrected chi connectivity index (χ4v) is 5.08. The maximum absolute atomic E-state index is 13.8. The van der Waals surface area contributed by atoms with Gasteiger partial charge in [-0.05, 0) is 56.7 Å². The summed E-state index contributed by atoms with van der Waals surface area (Å²) in [6.07, 6.45) is 0. The van der Waals surface area contributed by atoms with Crippen molar-refractivity contribution in [2.24, 2.45) is 5.92 Å². The van der Waals surface area contributed by atoms with Crippen molar-refractivity contribution in [1.82, 2.24) is 5.32 Å². The molecule has 0 aliphatic carbocycles. The topological polar surface area (TPSA) is 70.7 Å². The first-order valence-corrected chi connectivity index (χ1v) is 11.2. The molecule has 1 saturated heterocycles. The molecule has 2 bridgehead atoms. The van der Waals surface area contributed by atoms with E-state index < -0.39 is 17.7 Å². The SMILES string of the molecule is Cc1ccc(NC(=O)[C@@H]2[C@@H]3NC(=O)N(c4cccc(Cl)c4)[C@@]2(C)Oc2ccccc23)c(C)c1. The van der Waals surface area contributed by atoms with Crippen molar-refractivity contribution in [1.29, 1.82) is 0 Å². The second-order valence-electron chi connectivity index (χ2n) is 8.72. The van der Waals surface area contributed by atoms with Gasteiger partial charge in [-0.3, -0.25) is 9.69 Å². The molecule has 3 amide bonds. The molecule has 0 spiro atoms.